The van der Waals surface area contributed by atoms with Gasteiger partial charge >= 0.3 is 0 Å². The number of carbonyl (C=O) groups excluding carboxylic acids is 1. The Morgan fingerprint density at radius 1 is 1.09 bits per heavy atom. The molecule has 1 saturated heterocycles. The monoisotopic (exact) mass is 474 g/mol. The number of sulfonamides is 1. The molecule has 180 valence electrons. The zero-order chi connectivity index (χ0) is 23.7. The lowest BCUT2D eigenvalue weighted by Gasteiger charge is -2.27. The van der Waals surface area contributed by atoms with Gasteiger partial charge in [0, 0.05) is 38.9 Å². The summed E-state index contributed by atoms with van der Waals surface area (Å²) >= 11 is 0. The van der Waals surface area contributed by atoms with Gasteiger partial charge in [0.15, 0.2) is 0 Å². The van der Waals surface area contributed by atoms with Crippen molar-refractivity contribution in [3.8, 4) is 0 Å². The van der Waals surface area contributed by atoms with Crippen molar-refractivity contribution in [2.45, 2.75) is 31.1 Å². The van der Waals surface area contributed by atoms with Gasteiger partial charge in [-0.05, 0) is 42.5 Å². The van der Waals surface area contributed by atoms with E-state index in [9.17, 15) is 13.2 Å². The summed E-state index contributed by atoms with van der Waals surface area (Å²) < 4.78 is 38.6. The molecule has 1 aliphatic heterocycles. The summed E-state index contributed by atoms with van der Waals surface area (Å²) in [6.45, 7) is 4.76. The molecule has 1 fully saturated rings. The summed E-state index contributed by atoms with van der Waals surface area (Å²) in [5.41, 5.74) is 2.32. The molecule has 1 heterocycles. The van der Waals surface area contributed by atoms with Crippen LogP contribution in [0.15, 0.2) is 53.4 Å². The molecule has 0 N–H and O–H groups in total. The van der Waals surface area contributed by atoms with Gasteiger partial charge in [0.05, 0.1) is 24.7 Å². The quantitative estimate of drug-likeness (QED) is 0.501. The molecule has 0 aliphatic carbocycles. The maximum atomic E-state index is 13.4. The van der Waals surface area contributed by atoms with E-state index in [1.54, 1.807) is 30.2 Å². The van der Waals surface area contributed by atoms with Gasteiger partial charge in [-0.1, -0.05) is 43.3 Å². The van der Waals surface area contributed by atoms with Crippen molar-refractivity contribution in [2.24, 2.45) is 0 Å². The van der Waals surface area contributed by atoms with Crippen LogP contribution in [0.5, 0.6) is 0 Å². The van der Waals surface area contributed by atoms with Crippen molar-refractivity contribution < 1.29 is 22.7 Å². The van der Waals surface area contributed by atoms with E-state index in [-0.39, 0.29) is 10.8 Å². The first kappa shape index (κ1) is 25.4. The predicted octanol–water partition coefficient (Wildman–Crippen LogP) is 2.99. The molecular weight excluding hydrogens is 440 g/mol. The topological polar surface area (TPSA) is 76.2 Å². The Morgan fingerprint density at radius 3 is 2.48 bits per heavy atom. The summed E-state index contributed by atoms with van der Waals surface area (Å²) in [7, 11) is -2.09. The Morgan fingerprint density at radius 2 is 1.82 bits per heavy atom. The van der Waals surface area contributed by atoms with Crippen LogP contribution in [-0.2, 0) is 32.3 Å². The number of ether oxygens (including phenoxy) is 2. The van der Waals surface area contributed by atoms with E-state index in [2.05, 4.69) is 12.1 Å². The average molecular weight is 475 g/mol. The number of aryl methyl sites for hydroxylation is 2. The van der Waals surface area contributed by atoms with Crippen LogP contribution in [0.3, 0.4) is 0 Å². The number of rotatable bonds is 11. The van der Waals surface area contributed by atoms with Crippen LogP contribution in [0, 0.1) is 0 Å². The molecule has 0 unspecified atom stereocenters. The van der Waals surface area contributed by atoms with Crippen LogP contribution < -0.4 is 0 Å². The Labute approximate surface area is 197 Å². The smallest absolute Gasteiger partial charge is 0.253 e. The van der Waals surface area contributed by atoms with Gasteiger partial charge in [-0.3, -0.25) is 4.79 Å². The number of carbonyl (C=O) groups is 1. The molecule has 0 aromatic heterocycles. The second-order valence-electron chi connectivity index (χ2n) is 8.07. The standard InChI is InChI=1S/C25H34N2O5S/c1-3-22-11-12-23(20-24(22)33(29,30)27-15-18-32-19-16-27)25(28)26(14-17-31-2)13-7-10-21-8-5-4-6-9-21/h4-6,8-9,11-12,20H,3,7,10,13-19H2,1-2H3. The van der Waals surface area contributed by atoms with Crippen LogP contribution in [0.1, 0.15) is 34.8 Å². The minimum atomic E-state index is -3.70. The van der Waals surface area contributed by atoms with Crippen LogP contribution in [0.25, 0.3) is 0 Å². The Bertz CT molecular complexity index is 1000. The summed E-state index contributed by atoms with van der Waals surface area (Å²) in [5, 5.41) is 0. The summed E-state index contributed by atoms with van der Waals surface area (Å²) in [4.78, 5) is 15.4. The van der Waals surface area contributed by atoms with Crippen molar-refractivity contribution in [1.82, 2.24) is 9.21 Å². The van der Waals surface area contributed by atoms with Gasteiger partial charge in [0.25, 0.3) is 5.91 Å². The molecule has 3 rings (SSSR count). The Balaban J connectivity index is 1.80. The minimum absolute atomic E-state index is 0.179. The largest absolute Gasteiger partial charge is 0.383 e. The molecule has 2 aromatic rings. The molecule has 7 nitrogen and oxygen atoms in total. The van der Waals surface area contributed by atoms with Gasteiger partial charge in [-0.25, -0.2) is 8.42 Å². The van der Waals surface area contributed by atoms with Crippen LogP contribution >= 0.6 is 0 Å². The zero-order valence-electron chi connectivity index (χ0n) is 19.5. The van der Waals surface area contributed by atoms with Crippen LogP contribution in [0.2, 0.25) is 0 Å². The summed E-state index contributed by atoms with van der Waals surface area (Å²) in [5.74, 6) is -0.179. The van der Waals surface area contributed by atoms with Crippen molar-refractivity contribution in [3.63, 3.8) is 0 Å². The number of benzene rings is 2. The van der Waals surface area contributed by atoms with Gasteiger partial charge in [0.2, 0.25) is 10.0 Å². The van der Waals surface area contributed by atoms with Gasteiger partial charge in [0.1, 0.15) is 0 Å². The molecule has 33 heavy (non-hydrogen) atoms. The zero-order valence-corrected chi connectivity index (χ0v) is 20.4. The molecule has 0 spiro atoms. The Hall–Kier alpha value is -2.26. The SMILES string of the molecule is CCc1ccc(C(=O)N(CCCc2ccccc2)CCOC)cc1S(=O)(=O)N1CCOCC1. The maximum absolute atomic E-state index is 13.4. The highest BCUT2D eigenvalue weighted by atomic mass is 32.2. The number of morpholine rings is 1. The van der Waals surface area contributed by atoms with Crippen LogP contribution in [-0.4, -0.2) is 76.6 Å². The van der Waals surface area contributed by atoms with Crippen molar-refractivity contribution in [3.05, 3.63) is 65.2 Å². The van der Waals surface area contributed by atoms with E-state index in [0.717, 1.165) is 12.8 Å². The molecular formula is C25H34N2O5S. The number of nitrogens with zero attached hydrogens (tertiary/aromatic N) is 2. The first-order chi connectivity index (χ1) is 16.0. The Kier molecular flexibility index (Phi) is 9.43. The first-order valence-electron chi connectivity index (χ1n) is 11.5. The molecule has 0 atom stereocenters. The van der Waals surface area contributed by atoms with Gasteiger partial charge in [-0.15, -0.1) is 0 Å². The lowest BCUT2D eigenvalue weighted by atomic mass is 10.1. The fourth-order valence-electron chi connectivity index (χ4n) is 3.96. The van der Waals surface area contributed by atoms with Gasteiger partial charge < -0.3 is 14.4 Å². The van der Waals surface area contributed by atoms with Crippen molar-refractivity contribution in [2.75, 3.05) is 53.1 Å². The molecule has 8 heteroatoms. The second kappa shape index (κ2) is 12.3. The van der Waals surface area contributed by atoms with E-state index in [4.69, 9.17) is 9.47 Å². The third-order valence-electron chi connectivity index (χ3n) is 5.87. The third-order valence-corrected chi connectivity index (χ3v) is 7.85. The maximum Gasteiger partial charge on any atom is 0.253 e. The van der Waals surface area contributed by atoms with Crippen molar-refractivity contribution in [1.29, 1.82) is 0 Å². The summed E-state index contributed by atoms with van der Waals surface area (Å²) in [6, 6.07) is 15.2. The first-order valence-corrected chi connectivity index (χ1v) is 12.9. The van der Waals surface area contributed by atoms with Crippen LogP contribution in [0.4, 0.5) is 0 Å². The highest BCUT2D eigenvalue weighted by Gasteiger charge is 2.29. The fourth-order valence-corrected chi connectivity index (χ4v) is 5.69. The predicted molar refractivity (Wildman–Crippen MR) is 128 cm³/mol. The molecule has 0 radical (unpaired) electrons. The minimum Gasteiger partial charge on any atom is -0.383 e. The molecule has 0 saturated carbocycles. The van der Waals surface area contributed by atoms with E-state index >= 15 is 0 Å². The molecule has 1 amide bonds. The number of hydrogen-bond acceptors (Lipinski definition) is 5. The van der Waals surface area contributed by atoms with E-state index in [1.165, 1.54) is 9.87 Å². The van der Waals surface area contributed by atoms with E-state index in [0.29, 0.717) is 63.5 Å². The number of methoxy groups -OCH3 is 1. The summed E-state index contributed by atoms with van der Waals surface area (Å²) in [6.07, 6.45) is 2.24. The van der Waals surface area contributed by atoms with E-state index < -0.39 is 10.0 Å². The van der Waals surface area contributed by atoms with Gasteiger partial charge in [-0.2, -0.15) is 4.31 Å². The molecule has 2 aromatic carbocycles. The molecule has 0 bridgehead atoms. The highest BCUT2D eigenvalue weighted by Crippen LogP contribution is 2.24. The lowest BCUT2D eigenvalue weighted by molar-refractivity contribution is 0.0692. The third kappa shape index (κ3) is 6.63. The highest BCUT2D eigenvalue weighted by molar-refractivity contribution is 7.89. The second-order valence-corrected chi connectivity index (χ2v) is 9.97. The normalized spacial score (nSPS) is 14.8. The van der Waals surface area contributed by atoms with E-state index in [1.807, 2.05) is 25.1 Å². The van der Waals surface area contributed by atoms with Crippen molar-refractivity contribution >= 4 is 15.9 Å². The molecule has 1 aliphatic rings. The fraction of sp³-hybridized carbons (Fsp3) is 0.480. The number of amides is 1. The average Bonchev–Trinajstić information content (AvgIpc) is 2.86. The lowest BCUT2D eigenvalue weighted by Crippen LogP contribution is -2.41. The number of hydrogen-bond donors (Lipinski definition) is 0.